The van der Waals surface area contributed by atoms with Gasteiger partial charge in [0.05, 0.1) is 0 Å². The van der Waals surface area contributed by atoms with E-state index in [9.17, 15) is 8.76 Å². The molecule has 1 aromatic rings. The lowest BCUT2D eigenvalue weighted by Gasteiger charge is -2.27. The molecule has 0 amide bonds. The van der Waals surface area contributed by atoms with E-state index in [2.05, 4.69) is 0 Å². The van der Waals surface area contributed by atoms with Gasteiger partial charge in [-0.25, -0.2) is 0 Å². The van der Waals surface area contributed by atoms with E-state index in [0.29, 0.717) is 5.56 Å². The van der Waals surface area contributed by atoms with Gasteiger partial charge in [-0.05, 0) is 23.6 Å². The minimum Gasteiger partial charge on any atom is -0.771 e. The summed E-state index contributed by atoms with van der Waals surface area (Å²) < 4.78 is 21.4. The Morgan fingerprint density at radius 2 is 1.92 bits per heavy atom. The average molecular weight is 184 g/mol. The molecule has 0 bridgehead atoms. The summed E-state index contributed by atoms with van der Waals surface area (Å²) in [5.74, 6) is 0. The van der Waals surface area contributed by atoms with Crippen LogP contribution in [0.3, 0.4) is 0 Å². The molecule has 4 heteroatoms. The first-order chi connectivity index (χ1) is 5.55. The van der Waals surface area contributed by atoms with Crippen molar-refractivity contribution < 1.29 is 8.76 Å². The minimum absolute atomic E-state index is 0.596. The molecule has 0 heterocycles. The molecular weight excluding hydrogens is 174 g/mol. The van der Waals surface area contributed by atoms with Gasteiger partial charge in [0.25, 0.3) is 0 Å². The fourth-order valence-corrected chi connectivity index (χ4v) is 1.19. The van der Waals surface area contributed by atoms with E-state index in [0.717, 1.165) is 0 Å². The highest BCUT2D eigenvalue weighted by molar-refractivity contribution is 7.80. The van der Waals surface area contributed by atoms with E-state index >= 15 is 0 Å². The second-order valence-electron chi connectivity index (χ2n) is 2.71. The number of hydrogen-bond donors (Lipinski definition) is 1. The van der Waals surface area contributed by atoms with Crippen molar-refractivity contribution in [1.29, 1.82) is 0 Å². The number of rotatable bonds is 2. The Morgan fingerprint density at radius 1 is 1.42 bits per heavy atom. The highest BCUT2D eigenvalue weighted by Gasteiger charge is 2.21. The summed E-state index contributed by atoms with van der Waals surface area (Å²) in [6.45, 7) is 1.46. The molecule has 0 saturated heterocycles. The average Bonchev–Trinajstić information content (AvgIpc) is 2.06. The first kappa shape index (κ1) is 9.38. The Bertz CT molecular complexity index is 284. The van der Waals surface area contributed by atoms with Gasteiger partial charge in [0, 0.05) is 0 Å². The van der Waals surface area contributed by atoms with Crippen LogP contribution in [0, 0.1) is 0 Å². The van der Waals surface area contributed by atoms with Gasteiger partial charge in [0.2, 0.25) is 0 Å². The van der Waals surface area contributed by atoms with Gasteiger partial charge in [-0.3, -0.25) is 4.21 Å². The van der Waals surface area contributed by atoms with Crippen molar-refractivity contribution >= 4 is 11.1 Å². The molecule has 1 aromatic carbocycles. The van der Waals surface area contributed by atoms with Crippen molar-refractivity contribution in [2.24, 2.45) is 5.73 Å². The Labute approximate surface area is 73.9 Å². The predicted molar refractivity (Wildman–Crippen MR) is 46.9 cm³/mol. The molecule has 66 valence electrons. The largest absolute Gasteiger partial charge is 0.771 e. The lowest BCUT2D eigenvalue weighted by molar-refractivity contribution is 0.493. The van der Waals surface area contributed by atoms with E-state index in [4.69, 9.17) is 5.73 Å². The van der Waals surface area contributed by atoms with Crippen molar-refractivity contribution in [2.75, 3.05) is 0 Å². The molecule has 0 aliphatic rings. The highest BCUT2D eigenvalue weighted by Crippen LogP contribution is 2.19. The monoisotopic (exact) mass is 184 g/mol. The summed E-state index contributed by atoms with van der Waals surface area (Å²) in [6.07, 6.45) is 0. The zero-order valence-corrected chi connectivity index (χ0v) is 7.51. The van der Waals surface area contributed by atoms with Gasteiger partial charge in [-0.1, -0.05) is 30.3 Å². The van der Waals surface area contributed by atoms with E-state index in [1.54, 1.807) is 24.3 Å². The van der Waals surface area contributed by atoms with Crippen LogP contribution in [0.15, 0.2) is 30.3 Å². The third kappa shape index (κ3) is 1.72. The smallest absolute Gasteiger partial charge is 0.101 e. The first-order valence-corrected chi connectivity index (χ1v) is 4.56. The molecule has 0 aliphatic carbocycles. The summed E-state index contributed by atoms with van der Waals surface area (Å²) in [6, 6.07) is 8.71. The summed E-state index contributed by atoms with van der Waals surface area (Å²) in [4.78, 5) is -1.29. The molecular formula is C8H10NO2S-. The van der Waals surface area contributed by atoms with Crippen molar-refractivity contribution in [1.82, 2.24) is 0 Å². The van der Waals surface area contributed by atoms with E-state index in [1.807, 2.05) is 6.07 Å². The zero-order chi connectivity index (χ0) is 9.19. The maximum Gasteiger partial charge on any atom is 0.101 e. The maximum atomic E-state index is 10.7. The molecule has 0 aromatic heterocycles. The predicted octanol–water partition coefficient (Wildman–Crippen LogP) is 0.697. The van der Waals surface area contributed by atoms with E-state index < -0.39 is 16.0 Å². The summed E-state index contributed by atoms with van der Waals surface area (Å²) in [7, 11) is 0. The van der Waals surface area contributed by atoms with Crippen LogP contribution in [0.25, 0.3) is 0 Å². The Morgan fingerprint density at radius 3 is 2.33 bits per heavy atom. The van der Waals surface area contributed by atoms with Gasteiger partial charge < -0.3 is 10.3 Å². The second-order valence-corrected chi connectivity index (χ2v) is 4.03. The van der Waals surface area contributed by atoms with E-state index in [-0.39, 0.29) is 0 Å². The van der Waals surface area contributed by atoms with Crippen LogP contribution in [0.1, 0.15) is 12.5 Å². The van der Waals surface area contributed by atoms with Gasteiger partial charge >= 0.3 is 0 Å². The molecule has 1 rings (SSSR count). The summed E-state index contributed by atoms with van der Waals surface area (Å²) in [5.41, 5.74) is 6.16. The van der Waals surface area contributed by atoms with Crippen molar-refractivity contribution in [3.8, 4) is 0 Å². The van der Waals surface area contributed by atoms with Crippen LogP contribution in [0.2, 0.25) is 0 Å². The van der Waals surface area contributed by atoms with Crippen LogP contribution in [0.4, 0.5) is 0 Å². The molecule has 12 heavy (non-hydrogen) atoms. The van der Waals surface area contributed by atoms with Crippen LogP contribution < -0.4 is 5.73 Å². The topological polar surface area (TPSA) is 66.2 Å². The number of benzene rings is 1. The number of hydrogen-bond acceptors (Lipinski definition) is 3. The molecule has 2 unspecified atom stereocenters. The molecule has 0 aliphatic heterocycles. The fraction of sp³-hybridized carbons (Fsp3) is 0.250. The second kappa shape index (κ2) is 3.35. The highest BCUT2D eigenvalue weighted by atomic mass is 32.2. The minimum atomic E-state index is -2.30. The Balaban J connectivity index is 3.06. The van der Waals surface area contributed by atoms with Crippen molar-refractivity contribution in [3.05, 3.63) is 35.9 Å². The lowest BCUT2D eigenvalue weighted by Crippen LogP contribution is -2.37. The van der Waals surface area contributed by atoms with Crippen LogP contribution in [-0.4, -0.2) is 8.76 Å². The fourth-order valence-electron chi connectivity index (χ4n) is 0.865. The van der Waals surface area contributed by atoms with Crippen molar-refractivity contribution in [2.45, 2.75) is 11.8 Å². The molecule has 0 spiro atoms. The first-order valence-electron chi connectivity index (χ1n) is 3.49. The standard InChI is InChI=1S/C8H11NO2S/c1-8(9,12(10)11)7-5-3-2-4-6-7/h2-6H,9H2,1H3,(H,10,11)/p-1. The van der Waals surface area contributed by atoms with Crippen LogP contribution in [0.5, 0.6) is 0 Å². The van der Waals surface area contributed by atoms with E-state index in [1.165, 1.54) is 6.92 Å². The number of nitrogens with two attached hydrogens (primary N) is 1. The normalized spacial score (nSPS) is 18.2. The molecule has 0 fully saturated rings. The summed E-state index contributed by atoms with van der Waals surface area (Å²) in [5, 5.41) is 0. The molecule has 0 radical (unpaired) electrons. The van der Waals surface area contributed by atoms with Gasteiger partial charge in [-0.2, -0.15) is 0 Å². The van der Waals surface area contributed by atoms with Crippen molar-refractivity contribution in [3.63, 3.8) is 0 Å². The maximum absolute atomic E-state index is 10.7. The molecule has 3 nitrogen and oxygen atoms in total. The Kier molecular flexibility index (Phi) is 2.62. The zero-order valence-electron chi connectivity index (χ0n) is 6.69. The molecule has 2 atom stereocenters. The Hall–Kier alpha value is -0.710. The van der Waals surface area contributed by atoms with Gasteiger partial charge in [0.15, 0.2) is 0 Å². The van der Waals surface area contributed by atoms with Crippen LogP contribution >= 0.6 is 0 Å². The van der Waals surface area contributed by atoms with Gasteiger partial charge in [-0.15, -0.1) is 0 Å². The summed E-state index contributed by atoms with van der Waals surface area (Å²) >= 11 is -2.30. The quantitative estimate of drug-likeness (QED) is 0.688. The third-order valence-electron chi connectivity index (χ3n) is 1.69. The lowest BCUT2D eigenvalue weighted by atomic mass is 10.1. The SMILES string of the molecule is CC(N)(c1ccccc1)S(=O)[O-]. The third-order valence-corrected chi connectivity index (χ3v) is 2.62. The van der Waals surface area contributed by atoms with Gasteiger partial charge in [0.1, 0.15) is 4.87 Å². The van der Waals surface area contributed by atoms with Crippen LogP contribution in [-0.2, 0) is 16.0 Å². The molecule has 2 N–H and O–H groups in total. The molecule has 0 saturated carbocycles.